The second-order valence-electron chi connectivity index (χ2n) is 7.42. The van der Waals surface area contributed by atoms with Gasteiger partial charge in [0.1, 0.15) is 5.82 Å². The highest BCUT2D eigenvalue weighted by molar-refractivity contribution is 6.00. The molecule has 8 nitrogen and oxygen atoms in total. The van der Waals surface area contributed by atoms with E-state index in [1.165, 1.54) is 0 Å². The number of imidazole rings is 1. The van der Waals surface area contributed by atoms with Crippen LogP contribution in [0.15, 0.2) is 48.8 Å². The van der Waals surface area contributed by atoms with Crippen LogP contribution in [0.4, 0.5) is 5.69 Å². The standard InChI is InChI=1S/C24H27N5O3/c1-16(15-29-10-9-26-17(29)2)28-21-7-5-18(13-25)11-20(21)24(30)27-14-19-6-8-22(31-3)23(12-19)32-4/h5-12,16,28H,14-15H2,1-4H3,(H,27,30). The predicted octanol–water partition coefficient (Wildman–Crippen LogP) is 3.51. The Hall–Kier alpha value is -3.99. The fourth-order valence-corrected chi connectivity index (χ4v) is 3.40. The van der Waals surface area contributed by atoms with Gasteiger partial charge in [0.25, 0.3) is 5.91 Å². The van der Waals surface area contributed by atoms with Gasteiger partial charge in [-0.3, -0.25) is 4.79 Å². The third-order valence-corrected chi connectivity index (χ3v) is 5.09. The van der Waals surface area contributed by atoms with E-state index in [4.69, 9.17) is 9.47 Å². The Morgan fingerprint density at radius 1 is 1.19 bits per heavy atom. The number of nitriles is 1. The van der Waals surface area contributed by atoms with Gasteiger partial charge in [-0.25, -0.2) is 4.98 Å². The Labute approximate surface area is 187 Å². The van der Waals surface area contributed by atoms with Crippen molar-refractivity contribution >= 4 is 11.6 Å². The normalized spacial score (nSPS) is 11.3. The van der Waals surface area contributed by atoms with Crippen molar-refractivity contribution in [2.24, 2.45) is 0 Å². The van der Waals surface area contributed by atoms with E-state index in [1.54, 1.807) is 44.7 Å². The number of hydrogen-bond donors (Lipinski definition) is 2. The minimum absolute atomic E-state index is 0.0354. The topological polar surface area (TPSA) is 101 Å². The maximum Gasteiger partial charge on any atom is 0.253 e. The lowest BCUT2D eigenvalue weighted by Crippen LogP contribution is -2.27. The SMILES string of the molecule is COc1ccc(CNC(=O)c2cc(C#N)ccc2NC(C)Cn2ccnc2C)cc1OC. The molecule has 0 saturated heterocycles. The van der Waals surface area contributed by atoms with E-state index in [9.17, 15) is 10.1 Å². The fraction of sp³-hybridized carbons (Fsp3) is 0.292. The van der Waals surface area contributed by atoms with Crippen LogP contribution in [0.25, 0.3) is 0 Å². The van der Waals surface area contributed by atoms with E-state index in [1.807, 2.05) is 36.7 Å². The Bertz CT molecular complexity index is 1130. The van der Waals surface area contributed by atoms with Gasteiger partial charge in [0, 0.05) is 37.2 Å². The summed E-state index contributed by atoms with van der Waals surface area (Å²) in [6.45, 7) is 4.97. The first-order valence-corrected chi connectivity index (χ1v) is 10.2. The number of methoxy groups -OCH3 is 2. The number of carbonyl (C=O) groups excluding carboxylic acids is 1. The van der Waals surface area contributed by atoms with Gasteiger partial charge in [-0.05, 0) is 49.7 Å². The van der Waals surface area contributed by atoms with Crippen molar-refractivity contribution < 1.29 is 14.3 Å². The van der Waals surface area contributed by atoms with Gasteiger partial charge in [-0.1, -0.05) is 6.07 Å². The lowest BCUT2D eigenvalue weighted by atomic mass is 10.1. The third kappa shape index (κ3) is 5.38. The molecule has 0 spiro atoms. The minimum atomic E-state index is -0.273. The Balaban J connectivity index is 1.74. The summed E-state index contributed by atoms with van der Waals surface area (Å²) in [5.41, 5.74) is 2.37. The van der Waals surface area contributed by atoms with Gasteiger partial charge in [-0.2, -0.15) is 5.26 Å². The molecule has 166 valence electrons. The first-order chi connectivity index (χ1) is 15.4. The Morgan fingerprint density at radius 2 is 1.97 bits per heavy atom. The number of aryl methyl sites for hydroxylation is 1. The van der Waals surface area contributed by atoms with Crippen LogP contribution in [0.2, 0.25) is 0 Å². The lowest BCUT2D eigenvalue weighted by molar-refractivity contribution is 0.0951. The second-order valence-corrected chi connectivity index (χ2v) is 7.42. The number of rotatable bonds is 9. The molecular formula is C24H27N5O3. The molecule has 1 aromatic heterocycles. The van der Waals surface area contributed by atoms with E-state index in [0.29, 0.717) is 41.4 Å². The molecule has 1 unspecified atom stereocenters. The molecule has 1 atom stereocenters. The smallest absolute Gasteiger partial charge is 0.253 e. The van der Waals surface area contributed by atoms with Crippen molar-refractivity contribution in [1.82, 2.24) is 14.9 Å². The van der Waals surface area contributed by atoms with Crippen molar-refractivity contribution in [3.8, 4) is 17.6 Å². The number of nitrogens with zero attached hydrogens (tertiary/aromatic N) is 3. The molecule has 2 aromatic carbocycles. The second kappa shape index (κ2) is 10.4. The molecule has 2 N–H and O–H groups in total. The van der Waals surface area contributed by atoms with E-state index in [0.717, 1.165) is 11.4 Å². The largest absolute Gasteiger partial charge is 0.493 e. The van der Waals surface area contributed by atoms with Gasteiger partial charge in [0.2, 0.25) is 0 Å². The summed E-state index contributed by atoms with van der Waals surface area (Å²) in [4.78, 5) is 17.2. The van der Waals surface area contributed by atoms with Crippen LogP contribution in [0.5, 0.6) is 11.5 Å². The number of benzene rings is 2. The molecule has 1 amide bonds. The Kier molecular flexibility index (Phi) is 7.34. The Morgan fingerprint density at radius 3 is 2.62 bits per heavy atom. The maximum absolute atomic E-state index is 13.0. The van der Waals surface area contributed by atoms with Crippen LogP contribution in [-0.2, 0) is 13.1 Å². The molecule has 1 heterocycles. The zero-order valence-electron chi connectivity index (χ0n) is 18.7. The molecular weight excluding hydrogens is 406 g/mol. The summed E-state index contributed by atoms with van der Waals surface area (Å²) in [7, 11) is 3.14. The van der Waals surface area contributed by atoms with Gasteiger partial charge < -0.3 is 24.7 Å². The maximum atomic E-state index is 13.0. The molecule has 0 aliphatic carbocycles. The summed E-state index contributed by atoms with van der Waals surface area (Å²) in [5, 5.41) is 15.6. The third-order valence-electron chi connectivity index (χ3n) is 5.09. The molecule has 0 aliphatic rings. The first-order valence-electron chi connectivity index (χ1n) is 10.2. The van der Waals surface area contributed by atoms with E-state index < -0.39 is 0 Å². The number of amides is 1. The highest BCUT2D eigenvalue weighted by Crippen LogP contribution is 2.27. The van der Waals surface area contributed by atoms with Gasteiger partial charge in [0.05, 0.1) is 31.4 Å². The van der Waals surface area contributed by atoms with Crippen LogP contribution in [-0.4, -0.2) is 35.7 Å². The molecule has 32 heavy (non-hydrogen) atoms. The lowest BCUT2D eigenvalue weighted by Gasteiger charge is -2.19. The number of nitrogens with one attached hydrogen (secondary N) is 2. The highest BCUT2D eigenvalue weighted by Gasteiger charge is 2.15. The molecule has 0 radical (unpaired) electrons. The number of hydrogen-bond acceptors (Lipinski definition) is 6. The zero-order valence-corrected chi connectivity index (χ0v) is 18.7. The van der Waals surface area contributed by atoms with Crippen molar-refractivity contribution in [2.45, 2.75) is 33.0 Å². The van der Waals surface area contributed by atoms with Gasteiger partial charge >= 0.3 is 0 Å². The number of anilines is 1. The van der Waals surface area contributed by atoms with E-state index in [2.05, 4.69) is 21.7 Å². The average molecular weight is 434 g/mol. The molecule has 0 bridgehead atoms. The van der Waals surface area contributed by atoms with Crippen molar-refractivity contribution in [2.75, 3.05) is 19.5 Å². The quantitative estimate of drug-likeness (QED) is 0.536. The van der Waals surface area contributed by atoms with Crippen molar-refractivity contribution in [1.29, 1.82) is 5.26 Å². The first kappa shape index (κ1) is 22.7. The summed E-state index contributed by atoms with van der Waals surface area (Å²) >= 11 is 0. The molecule has 3 aromatic rings. The molecule has 0 fully saturated rings. The van der Waals surface area contributed by atoms with E-state index in [-0.39, 0.29) is 11.9 Å². The van der Waals surface area contributed by atoms with Crippen molar-refractivity contribution in [3.63, 3.8) is 0 Å². The monoisotopic (exact) mass is 433 g/mol. The minimum Gasteiger partial charge on any atom is -0.493 e. The summed E-state index contributed by atoms with van der Waals surface area (Å²) < 4.78 is 12.6. The van der Waals surface area contributed by atoms with E-state index >= 15 is 0 Å². The highest BCUT2D eigenvalue weighted by atomic mass is 16.5. The summed E-state index contributed by atoms with van der Waals surface area (Å²) in [5.74, 6) is 1.87. The molecule has 0 saturated carbocycles. The molecule has 0 aliphatic heterocycles. The summed E-state index contributed by atoms with van der Waals surface area (Å²) in [6, 6.07) is 12.7. The van der Waals surface area contributed by atoms with Crippen LogP contribution in [0.3, 0.4) is 0 Å². The summed E-state index contributed by atoms with van der Waals surface area (Å²) in [6.07, 6.45) is 3.68. The van der Waals surface area contributed by atoms with Crippen LogP contribution < -0.4 is 20.1 Å². The number of aromatic nitrogens is 2. The van der Waals surface area contributed by atoms with Crippen LogP contribution in [0.1, 0.15) is 34.2 Å². The van der Waals surface area contributed by atoms with Crippen LogP contribution >= 0.6 is 0 Å². The number of ether oxygens (including phenoxy) is 2. The van der Waals surface area contributed by atoms with Crippen LogP contribution in [0, 0.1) is 18.3 Å². The van der Waals surface area contributed by atoms with Gasteiger partial charge in [-0.15, -0.1) is 0 Å². The average Bonchev–Trinajstić information content (AvgIpc) is 3.21. The predicted molar refractivity (Wildman–Crippen MR) is 122 cm³/mol. The number of carbonyl (C=O) groups is 1. The van der Waals surface area contributed by atoms with Crippen molar-refractivity contribution in [3.05, 3.63) is 71.3 Å². The van der Waals surface area contributed by atoms with Gasteiger partial charge in [0.15, 0.2) is 11.5 Å². The molecule has 3 rings (SSSR count). The molecule has 8 heteroatoms. The fourth-order valence-electron chi connectivity index (χ4n) is 3.40. The zero-order chi connectivity index (χ0) is 23.1.